The molecule has 3 aliphatic heterocycles. The number of benzene rings is 1. The lowest BCUT2D eigenvalue weighted by atomic mass is 9.77. The van der Waals surface area contributed by atoms with E-state index in [0.717, 1.165) is 18.2 Å². The van der Waals surface area contributed by atoms with Gasteiger partial charge in [0.1, 0.15) is 0 Å². The summed E-state index contributed by atoms with van der Waals surface area (Å²) in [7, 11) is 0. The number of carbonyl (C=O) groups excluding carboxylic acids is 1. The predicted octanol–water partition coefficient (Wildman–Crippen LogP) is -1.19. The summed E-state index contributed by atoms with van der Waals surface area (Å²) < 4.78 is 0. The van der Waals surface area contributed by atoms with E-state index in [1.165, 1.54) is 25.9 Å². The number of nitrogens with zero attached hydrogens (tertiary/aromatic N) is 1. The lowest BCUT2D eigenvalue weighted by Crippen LogP contribution is -2.48. The van der Waals surface area contributed by atoms with Gasteiger partial charge in [-0.1, -0.05) is 18.2 Å². The molecule has 0 aromatic heterocycles. The first kappa shape index (κ1) is 19.8. The third-order valence-electron chi connectivity index (χ3n) is 4.30. The quantitative estimate of drug-likeness (QED) is 0.708. The first-order valence-electron chi connectivity index (χ1n) is 6.88. The van der Waals surface area contributed by atoms with Gasteiger partial charge in [0.25, 0.3) is 0 Å². The molecular formula is C15H29B3N2O. The highest BCUT2D eigenvalue weighted by molar-refractivity contribution is 5.90. The van der Waals surface area contributed by atoms with Gasteiger partial charge in [0.2, 0.25) is 5.91 Å². The van der Waals surface area contributed by atoms with Gasteiger partial charge in [0.15, 0.2) is 0 Å². The van der Waals surface area contributed by atoms with Crippen LogP contribution in [0.5, 0.6) is 0 Å². The van der Waals surface area contributed by atoms with Crippen LogP contribution >= 0.6 is 0 Å². The first-order chi connectivity index (χ1) is 8.81. The Bertz CT molecular complexity index is 422. The van der Waals surface area contributed by atoms with Gasteiger partial charge in [-0.25, -0.2) is 0 Å². The van der Waals surface area contributed by atoms with Gasteiger partial charge in [-0.05, 0) is 49.9 Å². The first-order valence-corrected chi connectivity index (χ1v) is 6.88. The highest BCUT2D eigenvalue weighted by Gasteiger charge is 2.34. The number of carbonyl (C=O) groups is 1. The van der Waals surface area contributed by atoms with Crippen molar-refractivity contribution in [3.63, 3.8) is 0 Å². The molecule has 0 aliphatic carbocycles. The molecule has 0 unspecified atom stereocenters. The molecule has 3 saturated heterocycles. The zero-order valence-electron chi connectivity index (χ0n) is 10.6. The van der Waals surface area contributed by atoms with Crippen LogP contribution in [0.1, 0.15) is 19.3 Å². The fourth-order valence-electron chi connectivity index (χ4n) is 3.29. The normalized spacial score (nSPS) is 25.8. The summed E-state index contributed by atoms with van der Waals surface area (Å²) in [5, 5.41) is 2.99. The number of fused-ring (bicyclic) bond motifs is 3. The minimum absolute atomic E-state index is 0. The molecular weight excluding hydrogens is 257 g/mol. The molecule has 1 aromatic carbocycles. The molecule has 0 radical (unpaired) electrons. The Labute approximate surface area is 133 Å². The maximum atomic E-state index is 12.0. The second kappa shape index (κ2) is 8.98. The van der Waals surface area contributed by atoms with Crippen LogP contribution in [0, 0.1) is 11.8 Å². The fraction of sp³-hybridized carbons (Fsp3) is 0.533. The molecule has 1 N–H and O–H groups in total. The average Bonchev–Trinajstić information content (AvgIpc) is 2.41. The summed E-state index contributed by atoms with van der Waals surface area (Å²) in [6.45, 7) is 3.59. The Morgan fingerprint density at radius 3 is 2.24 bits per heavy atom. The molecule has 3 aliphatic rings. The van der Waals surface area contributed by atoms with Crippen LogP contribution in [-0.4, -0.2) is 55.7 Å². The van der Waals surface area contributed by atoms with E-state index in [4.69, 9.17) is 0 Å². The Kier molecular flexibility index (Phi) is 8.49. The monoisotopic (exact) mass is 286 g/mol. The maximum absolute atomic E-state index is 12.0. The molecule has 114 valence electrons. The fourth-order valence-corrected chi connectivity index (χ4v) is 3.29. The van der Waals surface area contributed by atoms with Gasteiger partial charge < -0.3 is 10.2 Å². The minimum Gasteiger partial charge on any atom is -0.326 e. The number of para-hydroxylation sites is 1. The minimum atomic E-state index is 0. The number of rotatable bonds is 3. The Hall–Kier alpha value is -1.16. The molecule has 21 heavy (non-hydrogen) atoms. The molecule has 3 heterocycles. The summed E-state index contributed by atoms with van der Waals surface area (Å²) in [5.41, 5.74) is 0.906. The smallest absolute Gasteiger partial charge is 0.224 e. The highest BCUT2D eigenvalue weighted by atomic mass is 16.1. The van der Waals surface area contributed by atoms with Crippen molar-refractivity contribution in [2.45, 2.75) is 19.3 Å². The third kappa shape index (κ3) is 4.96. The van der Waals surface area contributed by atoms with Crippen LogP contribution < -0.4 is 5.32 Å². The summed E-state index contributed by atoms with van der Waals surface area (Å²) in [6.07, 6.45) is 3.24. The summed E-state index contributed by atoms with van der Waals surface area (Å²) in [5.74, 6) is 1.51. The molecule has 1 aromatic rings. The van der Waals surface area contributed by atoms with Gasteiger partial charge in [0.05, 0.1) is 25.2 Å². The average molecular weight is 286 g/mol. The topological polar surface area (TPSA) is 32.3 Å². The Balaban J connectivity index is 0.00000133. The zero-order chi connectivity index (χ0) is 12.4. The van der Waals surface area contributed by atoms with Gasteiger partial charge >= 0.3 is 0 Å². The molecule has 2 bridgehead atoms. The van der Waals surface area contributed by atoms with Gasteiger partial charge in [-0.3, -0.25) is 4.79 Å². The lowest BCUT2D eigenvalue weighted by Gasteiger charge is -2.44. The van der Waals surface area contributed by atoms with Crippen molar-refractivity contribution in [1.29, 1.82) is 0 Å². The van der Waals surface area contributed by atoms with Crippen molar-refractivity contribution < 1.29 is 4.79 Å². The molecule has 3 nitrogen and oxygen atoms in total. The molecule has 0 spiro atoms. The Morgan fingerprint density at radius 2 is 1.71 bits per heavy atom. The van der Waals surface area contributed by atoms with Crippen LogP contribution in [-0.2, 0) is 4.79 Å². The molecule has 6 heteroatoms. The number of amides is 1. The van der Waals surface area contributed by atoms with Gasteiger partial charge in [-0.2, -0.15) is 0 Å². The maximum Gasteiger partial charge on any atom is 0.224 e. The van der Waals surface area contributed by atoms with Crippen LogP contribution in [0.2, 0.25) is 0 Å². The highest BCUT2D eigenvalue weighted by Crippen LogP contribution is 2.34. The third-order valence-corrected chi connectivity index (χ3v) is 4.30. The largest absolute Gasteiger partial charge is 0.326 e. The SMILES string of the molecule is B.B.B.O=C(C[C@@H]1CN2CCC1CC2)Nc1ccccc1. The number of anilines is 1. The number of hydrogen-bond donors (Lipinski definition) is 1. The van der Waals surface area contributed by atoms with E-state index in [2.05, 4.69) is 10.2 Å². The van der Waals surface area contributed by atoms with E-state index < -0.39 is 0 Å². The van der Waals surface area contributed by atoms with E-state index in [1.807, 2.05) is 30.3 Å². The molecule has 0 saturated carbocycles. The van der Waals surface area contributed by atoms with Crippen LogP contribution in [0.4, 0.5) is 5.69 Å². The van der Waals surface area contributed by atoms with Crippen molar-refractivity contribution in [2.24, 2.45) is 11.8 Å². The van der Waals surface area contributed by atoms with Crippen molar-refractivity contribution in [3.05, 3.63) is 30.3 Å². The molecule has 4 rings (SSSR count). The number of hydrogen-bond acceptors (Lipinski definition) is 2. The van der Waals surface area contributed by atoms with E-state index in [0.29, 0.717) is 12.3 Å². The lowest BCUT2D eigenvalue weighted by molar-refractivity contribution is -0.118. The zero-order valence-corrected chi connectivity index (χ0v) is 10.6. The van der Waals surface area contributed by atoms with Crippen LogP contribution in [0.15, 0.2) is 30.3 Å². The summed E-state index contributed by atoms with van der Waals surface area (Å²) in [4.78, 5) is 14.5. The summed E-state index contributed by atoms with van der Waals surface area (Å²) in [6, 6.07) is 9.74. The van der Waals surface area contributed by atoms with E-state index in [9.17, 15) is 4.79 Å². The molecule has 1 amide bonds. The van der Waals surface area contributed by atoms with Crippen molar-refractivity contribution in [2.75, 3.05) is 25.0 Å². The number of piperidine rings is 3. The number of nitrogens with one attached hydrogen (secondary N) is 1. The summed E-state index contributed by atoms with van der Waals surface area (Å²) >= 11 is 0. The predicted molar refractivity (Wildman–Crippen MR) is 102 cm³/mol. The van der Waals surface area contributed by atoms with Crippen LogP contribution in [0.25, 0.3) is 0 Å². The van der Waals surface area contributed by atoms with Gasteiger partial charge in [-0.15, -0.1) is 0 Å². The molecule has 1 atom stereocenters. The van der Waals surface area contributed by atoms with Crippen molar-refractivity contribution >= 4 is 36.8 Å². The van der Waals surface area contributed by atoms with E-state index in [1.54, 1.807) is 0 Å². The van der Waals surface area contributed by atoms with E-state index >= 15 is 0 Å². The second-order valence-corrected chi connectivity index (χ2v) is 5.52. The van der Waals surface area contributed by atoms with E-state index in [-0.39, 0.29) is 31.1 Å². The molecule has 3 fully saturated rings. The Morgan fingerprint density at radius 1 is 1.10 bits per heavy atom. The van der Waals surface area contributed by atoms with Crippen LogP contribution in [0.3, 0.4) is 0 Å². The van der Waals surface area contributed by atoms with Crippen molar-refractivity contribution in [1.82, 2.24) is 4.90 Å². The van der Waals surface area contributed by atoms with Gasteiger partial charge in [0, 0.05) is 18.7 Å². The van der Waals surface area contributed by atoms with Crippen molar-refractivity contribution in [3.8, 4) is 0 Å². The second-order valence-electron chi connectivity index (χ2n) is 5.52. The standard InChI is InChI=1S/C15H20N2O.3BH3/c18-15(16-14-4-2-1-3-5-14)10-13-11-17-8-6-12(13)7-9-17;;;/h1-5,12-13H,6-11H2,(H,16,18);3*1H3/t13-;;;/m1.../s1.